The first kappa shape index (κ1) is 16.4. The number of carbonyl (C=O) groups excluding carboxylic acids is 2. The average Bonchev–Trinajstić information content (AvgIpc) is 2.44. The van der Waals surface area contributed by atoms with E-state index in [0.717, 1.165) is 12.3 Å². The van der Waals surface area contributed by atoms with Crippen LogP contribution in [0.4, 0.5) is 13.2 Å². The number of hydrogen-bond donors (Lipinski definition) is 2. The molecule has 0 saturated heterocycles. The van der Waals surface area contributed by atoms with E-state index in [0.29, 0.717) is 0 Å². The van der Waals surface area contributed by atoms with Gasteiger partial charge < -0.3 is 5.32 Å². The average molecular weight is 299 g/mol. The number of rotatable bonds is 4. The Morgan fingerprint density at radius 1 is 1.24 bits per heavy atom. The third kappa shape index (κ3) is 5.09. The molecule has 21 heavy (non-hydrogen) atoms. The molecule has 8 heteroatoms. The first-order valence-corrected chi connectivity index (χ1v) is 5.74. The molecular weight excluding hydrogens is 287 g/mol. The molecule has 0 atom stereocenters. The van der Waals surface area contributed by atoms with E-state index in [1.165, 1.54) is 24.3 Å². The molecule has 0 aromatic heterocycles. The third-order valence-corrected chi connectivity index (χ3v) is 2.25. The van der Waals surface area contributed by atoms with Crippen molar-refractivity contribution < 1.29 is 22.8 Å². The molecule has 0 aliphatic carbocycles. The summed E-state index contributed by atoms with van der Waals surface area (Å²) in [6.07, 6.45) is -2.34. The van der Waals surface area contributed by atoms with Gasteiger partial charge in [0.1, 0.15) is 0 Å². The van der Waals surface area contributed by atoms with Crippen molar-refractivity contribution in [2.24, 2.45) is 5.10 Å². The summed E-state index contributed by atoms with van der Waals surface area (Å²) in [7, 11) is 0. The minimum atomic E-state index is -4.53. The summed E-state index contributed by atoms with van der Waals surface area (Å²) in [4.78, 5) is 22.4. The molecule has 0 aliphatic rings. The van der Waals surface area contributed by atoms with Crippen molar-refractivity contribution in [3.05, 3.63) is 48.0 Å². The van der Waals surface area contributed by atoms with Gasteiger partial charge in [-0.1, -0.05) is 24.3 Å². The molecule has 2 amide bonds. The van der Waals surface area contributed by atoms with Gasteiger partial charge in [0.2, 0.25) is 0 Å². The van der Waals surface area contributed by atoms with Crippen LogP contribution in [0.5, 0.6) is 0 Å². The molecule has 0 aliphatic heterocycles. The fourth-order valence-electron chi connectivity index (χ4n) is 1.32. The molecule has 0 radical (unpaired) electrons. The lowest BCUT2D eigenvalue weighted by Gasteiger charge is -2.09. The van der Waals surface area contributed by atoms with Gasteiger partial charge in [-0.25, -0.2) is 5.43 Å². The second-order valence-corrected chi connectivity index (χ2v) is 3.78. The van der Waals surface area contributed by atoms with Crippen molar-refractivity contribution in [3.8, 4) is 0 Å². The van der Waals surface area contributed by atoms with Crippen LogP contribution in [0.25, 0.3) is 0 Å². The summed E-state index contributed by atoms with van der Waals surface area (Å²) >= 11 is 0. The van der Waals surface area contributed by atoms with Crippen LogP contribution in [0.15, 0.2) is 42.0 Å². The highest BCUT2D eigenvalue weighted by atomic mass is 19.4. The van der Waals surface area contributed by atoms with Crippen LogP contribution in [0.2, 0.25) is 0 Å². The number of hydrogen-bond acceptors (Lipinski definition) is 3. The summed E-state index contributed by atoms with van der Waals surface area (Å²) in [6, 6.07) is 4.72. The minimum Gasteiger partial charge on any atom is -0.344 e. The molecule has 1 aromatic carbocycles. The molecule has 5 nitrogen and oxygen atoms in total. The van der Waals surface area contributed by atoms with Crippen molar-refractivity contribution in [1.29, 1.82) is 0 Å². The van der Waals surface area contributed by atoms with Crippen LogP contribution in [-0.4, -0.2) is 24.6 Å². The van der Waals surface area contributed by atoms with E-state index < -0.39 is 23.6 Å². The number of halogens is 3. The van der Waals surface area contributed by atoms with Gasteiger partial charge in [0, 0.05) is 12.1 Å². The highest BCUT2D eigenvalue weighted by molar-refractivity contribution is 6.35. The zero-order valence-corrected chi connectivity index (χ0v) is 10.8. The van der Waals surface area contributed by atoms with Crippen LogP contribution >= 0.6 is 0 Å². The van der Waals surface area contributed by atoms with Gasteiger partial charge in [0.15, 0.2) is 0 Å². The quantitative estimate of drug-likeness (QED) is 0.382. The van der Waals surface area contributed by atoms with Crippen LogP contribution in [-0.2, 0) is 15.8 Å². The number of alkyl halides is 3. The SMILES string of the molecule is C=CCNC(=O)C(=O)N/N=C/c1ccccc1C(F)(F)F. The lowest BCUT2D eigenvalue weighted by Crippen LogP contribution is -2.37. The highest BCUT2D eigenvalue weighted by Crippen LogP contribution is 2.30. The first-order valence-electron chi connectivity index (χ1n) is 5.74. The molecule has 2 N–H and O–H groups in total. The summed E-state index contributed by atoms with van der Waals surface area (Å²) < 4.78 is 38.0. The summed E-state index contributed by atoms with van der Waals surface area (Å²) in [5.41, 5.74) is 0.720. The molecule has 0 unspecified atom stereocenters. The Hall–Kier alpha value is -2.64. The Morgan fingerprint density at radius 2 is 1.90 bits per heavy atom. The molecule has 0 saturated carbocycles. The number of nitrogens with one attached hydrogen (secondary N) is 2. The zero-order chi connectivity index (χ0) is 15.9. The Labute approximate surface area is 118 Å². The predicted molar refractivity (Wildman–Crippen MR) is 70.4 cm³/mol. The van der Waals surface area contributed by atoms with Crippen LogP contribution < -0.4 is 10.7 Å². The Kier molecular flexibility index (Phi) is 5.65. The normalized spacial score (nSPS) is 11.2. The van der Waals surface area contributed by atoms with Crippen LogP contribution in [0, 0.1) is 0 Å². The fraction of sp³-hybridized carbons (Fsp3) is 0.154. The summed E-state index contributed by atoms with van der Waals surface area (Å²) in [5, 5.41) is 5.53. The van der Waals surface area contributed by atoms with Crippen LogP contribution in [0.3, 0.4) is 0 Å². The van der Waals surface area contributed by atoms with Crippen molar-refractivity contribution in [2.75, 3.05) is 6.54 Å². The zero-order valence-electron chi connectivity index (χ0n) is 10.8. The maximum absolute atomic E-state index is 12.7. The van der Waals surface area contributed by atoms with Gasteiger partial charge in [0.25, 0.3) is 0 Å². The van der Waals surface area contributed by atoms with E-state index in [-0.39, 0.29) is 12.1 Å². The topological polar surface area (TPSA) is 70.6 Å². The number of benzene rings is 1. The first-order chi connectivity index (χ1) is 9.86. The molecule has 0 fully saturated rings. The van der Waals surface area contributed by atoms with Gasteiger partial charge in [-0.2, -0.15) is 18.3 Å². The second kappa shape index (κ2) is 7.22. The van der Waals surface area contributed by atoms with E-state index >= 15 is 0 Å². The van der Waals surface area contributed by atoms with E-state index in [9.17, 15) is 22.8 Å². The molecule has 1 aromatic rings. The number of hydrazone groups is 1. The van der Waals surface area contributed by atoms with Crippen molar-refractivity contribution in [2.45, 2.75) is 6.18 Å². The molecule has 0 spiro atoms. The standard InChI is InChI=1S/C13H12F3N3O2/c1-2-7-17-11(20)12(21)19-18-8-9-5-3-4-6-10(9)13(14,15)16/h2-6,8H,1,7H2,(H,17,20)(H,19,21)/b18-8+. The van der Waals surface area contributed by atoms with Crippen molar-refractivity contribution >= 4 is 18.0 Å². The fourth-order valence-corrected chi connectivity index (χ4v) is 1.32. The monoisotopic (exact) mass is 299 g/mol. The lowest BCUT2D eigenvalue weighted by atomic mass is 10.1. The lowest BCUT2D eigenvalue weighted by molar-refractivity contribution is -0.139. The van der Waals surface area contributed by atoms with Gasteiger partial charge in [-0.15, -0.1) is 6.58 Å². The number of carbonyl (C=O) groups is 2. The van der Waals surface area contributed by atoms with E-state index in [1.807, 2.05) is 5.43 Å². The Bertz CT molecular complexity index is 568. The number of amides is 2. The summed E-state index contributed by atoms with van der Waals surface area (Å²) in [6.45, 7) is 3.43. The van der Waals surface area contributed by atoms with Gasteiger partial charge in [-0.3, -0.25) is 9.59 Å². The maximum atomic E-state index is 12.7. The molecule has 0 bridgehead atoms. The minimum absolute atomic E-state index is 0.0902. The number of nitrogens with zero attached hydrogens (tertiary/aromatic N) is 1. The Balaban J connectivity index is 2.72. The van der Waals surface area contributed by atoms with Gasteiger partial charge in [0.05, 0.1) is 11.8 Å². The van der Waals surface area contributed by atoms with Crippen molar-refractivity contribution in [3.63, 3.8) is 0 Å². The molecular formula is C13H12F3N3O2. The van der Waals surface area contributed by atoms with E-state index in [1.54, 1.807) is 0 Å². The maximum Gasteiger partial charge on any atom is 0.417 e. The molecule has 112 valence electrons. The van der Waals surface area contributed by atoms with Crippen LogP contribution in [0.1, 0.15) is 11.1 Å². The highest BCUT2D eigenvalue weighted by Gasteiger charge is 2.32. The van der Waals surface area contributed by atoms with E-state index in [2.05, 4.69) is 17.0 Å². The van der Waals surface area contributed by atoms with Gasteiger partial charge in [-0.05, 0) is 6.07 Å². The van der Waals surface area contributed by atoms with Gasteiger partial charge >= 0.3 is 18.0 Å². The smallest absolute Gasteiger partial charge is 0.344 e. The Morgan fingerprint density at radius 3 is 2.52 bits per heavy atom. The second-order valence-electron chi connectivity index (χ2n) is 3.78. The third-order valence-electron chi connectivity index (χ3n) is 2.25. The molecule has 0 heterocycles. The predicted octanol–water partition coefficient (Wildman–Crippen LogP) is 1.46. The largest absolute Gasteiger partial charge is 0.417 e. The summed E-state index contributed by atoms with van der Waals surface area (Å²) in [5.74, 6) is -2.05. The van der Waals surface area contributed by atoms with E-state index in [4.69, 9.17) is 0 Å². The molecule has 1 rings (SSSR count). The van der Waals surface area contributed by atoms with Crippen molar-refractivity contribution in [1.82, 2.24) is 10.7 Å².